The van der Waals surface area contributed by atoms with Gasteiger partial charge in [0.2, 0.25) is 0 Å². The van der Waals surface area contributed by atoms with E-state index in [2.05, 4.69) is 5.32 Å². The first-order chi connectivity index (χ1) is 7.74. The zero-order chi connectivity index (χ0) is 11.8. The summed E-state index contributed by atoms with van der Waals surface area (Å²) in [6.07, 6.45) is 2.13. The molecule has 4 nitrogen and oxygen atoms in total. The van der Waals surface area contributed by atoms with Gasteiger partial charge in [-0.25, -0.2) is 0 Å². The maximum Gasteiger partial charge on any atom is 0.488 e. The first-order valence-corrected chi connectivity index (χ1v) is 5.60. The van der Waals surface area contributed by atoms with Crippen molar-refractivity contribution in [3.63, 3.8) is 0 Å². The molecule has 0 aliphatic carbocycles. The van der Waals surface area contributed by atoms with E-state index in [1.165, 1.54) is 0 Å². The highest BCUT2D eigenvalue weighted by Crippen LogP contribution is 1.97. The summed E-state index contributed by atoms with van der Waals surface area (Å²) in [4.78, 5) is 0. The van der Waals surface area contributed by atoms with Crippen LogP contribution in [0.25, 0.3) is 0 Å². The van der Waals surface area contributed by atoms with Gasteiger partial charge < -0.3 is 21.1 Å². The van der Waals surface area contributed by atoms with Crippen LogP contribution in [0.2, 0.25) is 0 Å². The van der Waals surface area contributed by atoms with E-state index in [1.54, 1.807) is 12.1 Å². The largest absolute Gasteiger partial charge is 0.488 e. The predicted molar refractivity (Wildman–Crippen MR) is 66.3 cm³/mol. The molecule has 0 amide bonds. The molecule has 0 saturated carbocycles. The van der Waals surface area contributed by atoms with Crippen LogP contribution in [0.3, 0.4) is 0 Å². The summed E-state index contributed by atoms with van der Waals surface area (Å²) in [5, 5.41) is 21.1. The van der Waals surface area contributed by atoms with Gasteiger partial charge in [-0.3, -0.25) is 0 Å². The van der Waals surface area contributed by atoms with Crippen LogP contribution in [0, 0.1) is 0 Å². The summed E-state index contributed by atoms with van der Waals surface area (Å²) >= 11 is 0. The van der Waals surface area contributed by atoms with E-state index < -0.39 is 7.12 Å². The lowest BCUT2D eigenvalue weighted by Crippen LogP contribution is -2.29. The monoisotopic (exact) mass is 222 g/mol. The van der Waals surface area contributed by atoms with E-state index in [9.17, 15) is 0 Å². The van der Waals surface area contributed by atoms with Crippen molar-refractivity contribution in [2.45, 2.75) is 19.4 Å². The molecule has 0 aromatic heterocycles. The molecule has 0 aliphatic rings. The third-order valence-electron chi connectivity index (χ3n) is 2.41. The maximum atomic E-state index is 8.92. The Balaban J connectivity index is 2.27. The molecule has 0 bridgehead atoms. The molecule has 0 saturated heterocycles. The van der Waals surface area contributed by atoms with Crippen molar-refractivity contribution in [3.8, 4) is 0 Å². The minimum Gasteiger partial charge on any atom is -0.423 e. The Hall–Kier alpha value is -0.875. The van der Waals surface area contributed by atoms with Gasteiger partial charge >= 0.3 is 7.12 Å². The van der Waals surface area contributed by atoms with Gasteiger partial charge in [0.25, 0.3) is 0 Å². The normalized spacial score (nSPS) is 10.4. The molecule has 0 radical (unpaired) electrons. The molecule has 16 heavy (non-hydrogen) atoms. The second kappa shape index (κ2) is 7.41. The Morgan fingerprint density at radius 1 is 1.12 bits per heavy atom. The SMILES string of the molecule is NCCCCNCc1ccc(B(O)O)cc1. The molecule has 0 atom stereocenters. The summed E-state index contributed by atoms with van der Waals surface area (Å²) in [6.45, 7) is 2.50. The van der Waals surface area contributed by atoms with E-state index in [-0.39, 0.29) is 0 Å². The fourth-order valence-electron chi connectivity index (χ4n) is 1.43. The average molecular weight is 222 g/mol. The van der Waals surface area contributed by atoms with Crippen LogP contribution in [-0.2, 0) is 6.54 Å². The number of nitrogens with one attached hydrogen (secondary N) is 1. The minimum absolute atomic E-state index is 0.520. The van der Waals surface area contributed by atoms with E-state index in [0.717, 1.165) is 38.0 Å². The van der Waals surface area contributed by atoms with E-state index in [4.69, 9.17) is 15.8 Å². The lowest BCUT2D eigenvalue weighted by molar-refractivity contribution is 0.426. The van der Waals surface area contributed by atoms with Crippen molar-refractivity contribution in [1.29, 1.82) is 0 Å². The first kappa shape index (κ1) is 13.2. The first-order valence-electron chi connectivity index (χ1n) is 5.60. The number of hydrogen-bond acceptors (Lipinski definition) is 4. The summed E-state index contributed by atoms with van der Waals surface area (Å²) in [6, 6.07) is 7.23. The quantitative estimate of drug-likeness (QED) is 0.359. The highest BCUT2D eigenvalue weighted by Gasteiger charge is 2.09. The number of unbranched alkanes of at least 4 members (excludes halogenated alkanes) is 1. The lowest BCUT2D eigenvalue weighted by atomic mass is 9.80. The fourth-order valence-corrected chi connectivity index (χ4v) is 1.43. The molecule has 0 fully saturated rings. The molecular formula is C11H19BN2O2. The molecule has 1 rings (SSSR count). The Labute approximate surface area is 96.6 Å². The Morgan fingerprint density at radius 2 is 1.81 bits per heavy atom. The molecular weight excluding hydrogens is 203 g/mol. The van der Waals surface area contributed by atoms with Gasteiger partial charge in [-0.2, -0.15) is 0 Å². The maximum absolute atomic E-state index is 8.92. The van der Waals surface area contributed by atoms with Crippen molar-refractivity contribution in [2.24, 2.45) is 5.73 Å². The van der Waals surface area contributed by atoms with Gasteiger partial charge in [0.1, 0.15) is 0 Å². The van der Waals surface area contributed by atoms with E-state index >= 15 is 0 Å². The van der Waals surface area contributed by atoms with Crippen LogP contribution in [0.4, 0.5) is 0 Å². The highest BCUT2D eigenvalue weighted by atomic mass is 16.4. The smallest absolute Gasteiger partial charge is 0.423 e. The predicted octanol–water partition coefficient (Wildman–Crippen LogP) is -0.805. The number of nitrogens with two attached hydrogens (primary N) is 1. The zero-order valence-electron chi connectivity index (χ0n) is 9.39. The summed E-state index contributed by atoms with van der Waals surface area (Å²) in [5.41, 5.74) is 7.05. The number of hydrogen-bond donors (Lipinski definition) is 4. The summed E-state index contributed by atoms with van der Waals surface area (Å²) in [5.74, 6) is 0. The molecule has 1 aromatic rings. The van der Waals surface area contributed by atoms with Gasteiger partial charge in [-0.15, -0.1) is 0 Å². The van der Waals surface area contributed by atoms with Gasteiger partial charge in [0, 0.05) is 6.54 Å². The molecule has 0 unspecified atom stereocenters. The Bertz CT molecular complexity index is 291. The van der Waals surface area contributed by atoms with Gasteiger partial charge in [0.15, 0.2) is 0 Å². The average Bonchev–Trinajstić information content (AvgIpc) is 2.29. The molecule has 0 spiro atoms. The molecule has 5 N–H and O–H groups in total. The van der Waals surface area contributed by atoms with Gasteiger partial charge in [0.05, 0.1) is 0 Å². The van der Waals surface area contributed by atoms with Gasteiger partial charge in [-0.1, -0.05) is 24.3 Å². The van der Waals surface area contributed by atoms with Crippen LogP contribution >= 0.6 is 0 Å². The van der Waals surface area contributed by atoms with Crippen LogP contribution < -0.4 is 16.5 Å². The third-order valence-corrected chi connectivity index (χ3v) is 2.41. The molecule has 1 aromatic carbocycles. The fraction of sp³-hybridized carbons (Fsp3) is 0.455. The van der Waals surface area contributed by atoms with Crippen LogP contribution in [0.15, 0.2) is 24.3 Å². The molecule has 88 valence electrons. The van der Waals surface area contributed by atoms with Crippen LogP contribution in [0.5, 0.6) is 0 Å². The second-order valence-electron chi connectivity index (χ2n) is 3.79. The number of rotatable bonds is 7. The second-order valence-corrected chi connectivity index (χ2v) is 3.79. The minimum atomic E-state index is -1.38. The summed E-state index contributed by atoms with van der Waals surface area (Å²) < 4.78 is 0. The van der Waals surface area contributed by atoms with Crippen molar-refractivity contribution in [1.82, 2.24) is 5.32 Å². The Morgan fingerprint density at radius 3 is 2.38 bits per heavy atom. The van der Waals surface area contributed by atoms with Crippen LogP contribution in [-0.4, -0.2) is 30.3 Å². The van der Waals surface area contributed by atoms with Crippen LogP contribution in [0.1, 0.15) is 18.4 Å². The standard InChI is InChI=1S/C11H19BN2O2/c13-7-1-2-8-14-9-10-3-5-11(6-4-10)12(15)16/h3-6,14-16H,1-2,7-9,13H2. The molecule has 0 heterocycles. The number of benzene rings is 1. The van der Waals surface area contributed by atoms with E-state index in [1.807, 2.05) is 12.1 Å². The zero-order valence-corrected chi connectivity index (χ0v) is 9.39. The van der Waals surface area contributed by atoms with Crippen molar-refractivity contribution in [3.05, 3.63) is 29.8 Å². The van der Waals surface area contributed by atoms with Crippen molar-refractivity contribution in [2.75, 3.05) is 13.1 Å². The topological polar surface area (TPSA) is 78.5 Å². The van der Waals surface area contributed by atoms with E-state index in [0.29, 0.717) is 5.46 Å². The third kappa shape index (κ3) is 4.76. The van der Waals surface area contributed by atoms with Crippen molar-refractivity contribution >= 4 is 12.6 Å². The lowest BCUT2D eigenvalue weighted by Gasteiger charge is -2.05. The Kier molecular flexibility index (Phi) is 6.11. The molecule has 5 heteroatoms. The summed E-state index contributed by atoms with van der Waals surface area (Å²) in [7, 11) is -1.38. The molecule has 0 aliphatic heterocycles. The van der Waals surface area contributed by atoms with Crippen molar-refractivity contribution < 1.29 is 10.0 Å². The van der Waals surface area contributed by atoms with Gasteiger partial charge in [-0.05, 0) is 37.0 Å². The highest BCUT2D eigenvalue weighted by molar-refractivity contribution is 6.58.